The van der Waals surface area contributed by atoms with Gasteiger partial charge in [0.1, 0.15) is 5.75 Å². The Bertz CT molecular complexity index is 740. The molecule has 22 heavy (non-hydrogen) atoms. The van der Waals surface area contributed by atoms with Crippen LogP contribution in [0, 0.1) is 0 Å². The van der Waals surface area contributed by atoms with E-state index in [4.69, 9.17) is 5.11 Å². The fraction of sp³-hybridized carbons (Fsp3) is 0. The summed E-state index contributed by atoms with van der Waals surface area (Å²) in [5, 5.41) is 18.2. The maximum atomic E-state index is 12.0. The summed E-state index contributed by atoms with van der Waals surface area (Å²) < 4.78 is 0. The van der Waals surface area contributed by atoms with Gasteiger partial charge in [-0.2, -0.15) is 0 Å². The zero-order chi connectivity index (χ0) is 15.9. The van der Waals surface area contributed by atoms with Crippen molar-refractivity contribution in [1.82, 2.24) is 0 Å². The number of allylic oxidation sites excluding steroid dienone is 1. The fourth-order valence-corrected chi connectivity index (χ4v) is 1.82. The third-order valence-corrected chi connectivity index (χ3v) is 2.96. The molecule has 0 bridgehead atoms. The van der Waals surface area contributed by atoms with E-state index in [0.717, 1.165) is 6.08 Å². The van der Waals surface area contributed by atoms with Crippen molar-refractivity contribution >= 4 is 23.9 Å². The summed E-state index contributed by atoms with van der Waals surface area (Å²) in [6.07, 6.45) is 5.43. The molecule has 0 aliphatic carbocycles. The molecular formula is C18H14O4. The van der Waals surface area contributed by atoms with Crippen molar-refractivity contribution in [1.29, 1.82) is 0 Å². The number of carboxylic acid groups (broad SMARTS) is 1. The van der Waals surface area contributed by atoms with Crippen LogP contribution in [0.15, 0.2) is 60.7 Å². The Morgan fingerprint density at radius 3 is 2.18 bits per heavy atom. The average Bonchev–Trinajstić information content (AvgIpc) is 2.52. The van der Waals surface area contributed by atoms with Crippen molar-refractivity contribution in [3.05, 3.63) is 77.4 Å². The van der Waals surface area contributed by atoms with Gasteiger partial charge in [0.05, 0.1) is 0 Å². The van der Waals surface area contributed by atoms with E-state index in [9.17, 15) is 14.7 Å². The number of aromatic hydroxyl groups is 1. The highest BCUT2D eigenvalue weighted by Crippen LogP contribution is 2.17. The lowest BCUT2D eigenvalue weighted by Crippen LogP contribution is -1.94. The number of ketones is 1. The van der Waals surface area contributed by atoms with Gasteiger partial charge in [0, 0.05) is 17.2 Å². The number of hydrogen-bond acceptors (Lipinski definition) is 3. The lowest BCUT2D eigenvalue weighted by atomic mass is 10.1. The molecular weight excluding hydrogens is 280 g/mol. The number of carboxylic acids is 1. The van der Waals surface area contributed by atoms with Gasteiger partial charge in [-0.3, -0.25) is 4.79 Å². The quantitative estimate of drug-likeness (QED) is 0.655. The second-order valence-corrected chi connectivity index (χ2v) is 4.55. The number of para-hydroxylation sites is 1. The molecule has 0 radical (unpaired) electrons. The largest absolute Gasteiger partial charge is 0.507 e. The molecule has 4 nitrogen and oxygen atoms in total. The van der Waals surface area contributed by atoms with Gasteiger partial charge in [-0.1, -0.05) is 42.5 Å². The van der Waals surface area contributed by atoms with Gasteiger partial charge >= 0.3 is 5.97 Å². The maximum absolute atomic E-state index is 12.0. The fourth-order valence-electron chi connectivity index (χ4n) is 1.82. The molecule has 0 aromatic heterocycles. The molecule has 0 saturated carbocycles. The van der Waals surface area contributed by atoms with Crippen molar-refractivity contribution < 1.29 is 19.8 Å². The predicted octanol–water partition coefficient (Wildman–Crippen LogP) is 3.39. The Hall–Kier alpha value is -3.14. The molecule has 0 atom stereocenters. The molecule has 2 N–H and O–H groups in total. The van der Waals surface area contributed by atoms with Crippen molar-refractivity contribution in [2.75, 3.05) is 0 Å². The SMILES string of the molecule is O=C(O)/C=C/c1ccc(C(=O)/C=C/c2ccccc2O)cc1. The number of phenols is 1. The van der Waals surface area contributed by atoms with Crippen molar-refractivity contribution in [3.8, 4) is 5.75 Å². The third-order valence-electron chi connectivity index (χ3n) is 2.96. The Morgan fingerprint density at radius 2 is 1.55 bits per heavy atom. The monoisotopic (exact) mass is 294 g/mol. The number of rotatable bonds is 5. The van der Waals surface area contributed by atoms with Crippen molar-refractivity contribution in [2.45, 2.75) is 0 Å². The molecule has 0 aliphatic rings. The molecule has 2 aromatic carbocycles. The highest BCUT2D eigenvalue weighted by atomic mass is 16.4. The Morgan fingerprint density at radius 1 is 0.864 bits per heavy atom. The van der Waals surface area contributed by atoms with Gasteiger partial charge < -0.3 is 10.2 Å². The Balaban J connectivity index is 2.10. The van der Waals surface area contributed by atoms with Gasteiger partial charge in [0.15, 0.2) is 5.78 Å². The van der Waals surface area contributed by atoms with E-state index in [1.54, 1.807) is 54.6 Å². The summed E-state index contributed by atoms with van der Waals surface area (Å²) in [7, 11) is 0. The van der Waals surface area contributed by atoms with E-state index in [2.05, 4.69) is 0 Å². The van der Waals surface area contributed by atoms with Crippen LogP contribution in [0.4, 0.5) is 0 Å². The van der Waals surface area contributed by atoms with Gasteiger partial charge in [-0.25, -0.2) is 4.79 Å². The first-order chi connectivity index (χ1) is 10.6. The molecule has 0 fully saturated rings. The molecule has 0 amide bonds. The normalized spacial score (nSPS) is 11.1. The minimum atomic E-state index is -1.02. The van der Waals surface area contributed by atoms with E-state index < -0.39 is 5.97 Å². The van der Waals surface area contributed by atoms with Crippen molar-refractivity contribution in [3.63, 3.8) is 0 Å². The van der Waals surface area contributed by atoms with Crippen LogP contribution in [0.3, 0.4) is 0 Å². The molecule has 4 heteroatoms. The summed E-state index contributed by atoms with van der Waals surface area (Å²) in [5.74, 6) is -1.11. The topological polar surface area (TPSA) is 74.6 Å². The molecule has 2 rings (SSSR count). The van der Waals surface area contributed by atoms with Crippen molar-refractivity contribution in [2.24, 2.45) is 0 Å². The summed E-state index contributed by atoms with van der Waals surface area (Å²) in [6, 6.07) is 13.3. The van der Waals surface area contributed by atoms with Gasteiger partial charge in [-0.05, 0) is 29.9 Å². The minimum absolute atomic E-state index is 0.112. The Kier molecular flexibility index (Phi) is 4.88. The predicted molar refractivity (Wildman–Crippen MR) is 84.6 cm³/mol. The number of hydrogen-bond donors (Lipinski definition) is 2. The summed E-state index contributed by atoms with van der Waals surface area (Å²) in [5.41, 5.74) is 1.75. The van der Waals surface area contributed by atoms with Crippen LogP contribution in [-0.4, -0.2) is 22.0 Å². The molecule has 2 aromatic rings. The second kappa shape index (κ2) is 7.04. The zero-order valence-corrected chi connectivity index (χ0v) is 11.6. The smallest absolute Gasteiger partial charge is 0.328 e. The van der Waals surface area contributed by atoms with Gasteiger partial charge in [0.2, 0.25) is 0 Å². The van der Waals surface area contributed by atoms with Crippen LogP contribution in [0.5, 0.6) is 5.75 Å². The summed E-state index contributed by atoms with van der Waals surface area (Å²) in [4.78, 5) is 22.5. The van der Waals surface area contributed by atoms with E-state index in [1.165, 1.54) is 12.2 Å². The van der Waals surface area contributed by atoms with Crippen LogP contribution >= 0.6 is 0 Å². The summed E-state index contributed by atoms with van der Waals surface area (Å²) >= 11 is 0. The second-order valence-electron chi connectivity index (χ2n) is 4.55. The van der Waals surface area contributed by atoms with E-state index >= 15 is 0 Å². The lowest BCUT2D eigenvalue weighted by molar-refractivity contribution is -0.131. The molecule has 0 spiro atoms. The Labute approximate surface area is 127 Å². The molecule has 0 saturated heterocycles. The number of phenolic OH excluding ortho intramolecular Hbond substituents is 1. The highest BCUT2D eigenvalue weighted by molar-refractivity contribution is 6.07. The first-order valence-corrected chi connectivity index (χ1v) is 6.58. The third kappa shape index (κ3) is 4.18. The van der Waals surface area contributed by atoms with Crippen LogP contribution in [-0.2, 0) is 4.79 Å². The van der Waals surface area contributed by atoms with E-state index in [-0.39, 0.29) is 11.5 Å². The average molecular weight is 294 g/mol. The first kappa shape index (κ1) is 15.3. The van der Waals surface area contributed by atoms with Crippen LogP contribution in [0.25, 0.3) is 12.2 Å². The number of carbonyl (C=O) groups is 2. The zero-order valence-electron chi connectivity index (χ0n) is 11.6. The number of aliphatic carboxylic acids is 1. The minimum Gasteiger partial charge on any atom is -0.507 e. The van der Waals surface area contributed by atoms with Crippen LogP contribution < -0.4 is 0 Å². The lowest BCUT2D eigenvalue weighted by Gasteiger charge is -1.99. The van der Waals surface area contributed by atoms with Gasteiger partial charge in [-0.15, -0.1) is 0 Å². The van der Waals surface area contributed by atoms with Gasteiger partial charge in [0.25, 0.3) is 0 Å². The molecule has 0 unspecified atom stereocenters. The molecule has 0 heterocycles. The van der Waals surface area contributed by atoms with E-state index in [1.807, 2.05) is 0 Å². The first-order valence-electron chi connectivity index (χ1n) is 6.58. The molecule has 110 valence electrons. The van der Waals surface area contributed by atoms with Crippen LogP contribution in [0.2, 0.25) is 0 Å². The number of benzene rings is 2. The standard InChI is InChI=1S/C18H14O4/c19-16-4-2-1-3-14(16)10-11-17(20)15-8-5-13(6-9-15)7-12-18(21)22/h1-12,19H,(H,21,22)/b11-10+,12-7+. The highest BCUT2D eigenvalue weighted by Gasteiger charge is 2.02. The maximum Gasteiger partial charge on any atom is 0.328 e. The van der Waals surface area contributed by atoms with E-state index in [0.29, 0.717) is 16.7 Å². The number of carbonyl (C=O) groups excluding carboxylic acids is 1. The van der Waals surface area contributed by atoms with Crippen LogP contribution in [0.1, 0.15) is 21.5 Å². The summed E-state index contributed by atoms with van der Waals surface area (Å²) in [6.45, 7) is 0. The molecule has 0 aliphatic heterocycles.